The molecule has 1 aliphatic heterocycles. The van der Waals surface area contributed by atoms with Gasteiger partial charge in [-0.25, -0.2) is 0 Å². The van der Waals surface area contributed by atoms with Crippen LogP contribution in [0, 0.1) is 11.3 Å². The van der Waals surface area contributed by atoms with Gasteiger partial charge in [-0.1, -0.05) is 0 Å². The Labute approximate surface area is 105 Å². The molecule has 2 heterocycles. The molecule has 0 radical (unpaired) electrons. The molecule has 5 heteroatoms. The molecule has 1 aromatic rings. The van der Waals surface area contributed by atoms with Crippen molar-refractivity contribution in [2.24, 2.45) is 0 Å². The van der Waals surface area contributed by atoms with E-state index in [0.717, 1.165) is 31.0 Å². The van der Waals surface area contributed by atoms with Crippen molar-refractivity contribution in [3.63, 3.8) is 0 Å². The van der Waals surface area contributed by atoms with Gasteiger partial charge in [0, 0.05) is 38.1 Å². The molecule has 1 fully saturated rings. The second-order valence-electron chi connectivity index (χ2n) is 4.17. The summed E-state index contributed by atoms with van der Waals surface area (Å²) >= 11 is 1.53. The number of ether oxygens (including phenoxy) is 2. The summed E-state index contributed by atoms with van der Waals surface area (Å²) in [7, 11) is 1.73. The summed E-state index contributed by atoms with van der Waals surface area (Å²) in [6, 6.07) is 5.98. The van der Waals surface area contributed by atoms with Crippen molar-refractivity contribution in [2.45, 2.75) is 18.6 Å². The smallest absolute Gasteiger partial charge is 0.110 e. The van der Waals surface area contributed by atoms with Gasteiger partial charge < -0.3 is 14.8 Å². The van der Waals surface area contributed by atoms with Crippen LogP contribution in [0.2, 0.25) is 0 Å². The Morgan fingerprint density at radius 2 is 2.53 bits per heavy atom. The number of hydrogen-bond acceptors (Lipinski definition) is 5. The molecule has 2 rings (SSSR count). The maximum atomic E-state index is 8.73. The Morgan fingerprint density at radius 3 is 3.12 bits per heavy atom. The molecule has 92 valence electrons. The second kappa shape index (κ2) is 5.61. The highest BCUT2D eigenvalue weighted by atomic mass is 32.1. The van der Waals surface area contributed by atoms with E-state index in [-0.39, 0.29) is 5.60 Å². The normalized spacial score (nSPS) is 23.8. The molecule has 1 unspecified atom stereocenters. The predicted molar refractivity (Wildman–Crippen MR) is 65.9 cm³/mol. The van der Waals surface area contributed by atoms with Crippen LogP contribution in [0.3, 0.4) is 0 Å². The average Bonchev–Trinajstić information content (AvgIpc) is 2.98. The standard InChI is InChI=1S/C12H16N2O2S/c1-15-12(4-5-16-9-12)8-14-7-11-3-2-10(6-13)17-11/h2-3,14H,4-5,7-9H2,1H3. The van der Waals surface area contributed by atoms with Crippen molar-refractivity contribution < 1.29 is 9.47 Å². The summed E-state index contributed by atoms with van der Waals surface area (Å²) in [6.45, 7) is 2.98. The number of methoxy groups -OCH3 is 1. The van der Waals surface area contributed by atoms with Crippen LogP contribution < -0.4 is 5.32 Å². The first kappa shape index (κ1) is 12.5. The van der Waals surface area contributed by atoms with Crippen LogP contribution in [-0.2, 0) is 16.0 Å². The lowest BCUT2D eigenvalue weighted by Crippen LogP contribution is -2.42. The molecule has 1 N–H and O–H groups in total. The fourth-order valence-corrected chi connectivity index (χ4v) is 2.68. The van der Waals surface area contributed by atoms with Crippen molar-refractivity contribution in [1.82, 2.24) is 5.32 Å². The molecule has 17 heavy (non-hydrogen) atoms. The number of thiophene rings is 1. The molecular weight excluding hydrogens is 236 g/mol. The first-order valence-electron chi connectivity index (χ1n) is 5.60. The van der Waals surface area contributed by atoms with Crippen molar-refractivity contribution in [2.75, 3.05) is 26.9 Å². The lowest BCUT2D eigenvalue weighted by molar-refractivity contribution is -0.0158. The number of nitrogens with one attached hydrogen (secondary N) is 1. The monoisotopic (exact) mass is 252 g/mol. The summed E-state index contributed by atoms with van der Waals surface area (Å²) in [5.41, 5.74) is -0.171. The van der Waals surface area contributed by atoms with Gasteiger partial charge in [0.2, 0.25) is 0 Å². The van der Waals surface area contributed by atoms with E-state index in [2.05, 4.69) is 11.4 Å². The van der Waals surface area contributed by atoms with Gasteiger partial charge in [0.25, 0.3) is 0 Å². The molecule has 1 aliphatic rings. The fourth-order valence-electron chi connectivity index (χ4n) is 1.91. The number of nitriles is 1. The number of nitrogens with zero attached hydrogens (tertiary/aromatic N) is 1. The third kappa shape index (κ3) is 3.05. The van der Waals surface area contributed by atoms with Crippen LogP contribution in [0.15, 0.2) is 12.1 Å². The zero-order chi connectivity index (χ0) is 12.1. The summed E-state index contributed by atoms with van der Waals surface area (Å²) in [6.07, 6.45) is 0.935. The molecule has 4 nitrogen and oxygen atoms in total. The molecule has 1 saturated heterocycles. The van der Waals surface area contributed by atoms with Gasteiger partial charge in [0.1, 0.15) is 16.5 Å². The van der Waals surface area contributed by atoms with Gasteiger partial charge in [0.05, 0.1) is 6.61 Å². The van der Waals surface area contributed by atoms with Crippen LogP contribution in [-0.4, -0.2) is 32.5 Å². The van der Waals surface area contributed by atoms with Crippen LogP contribution in [0.25, 0.3) is 0 Å². The number of hydrogen-bond donors (Lipinski definition) is 1. The Balaban J connectivity index is 1.81. The van der Waals surface area contributed by atoms with E-state index >= 15 is 0 Å². The first-order valence-corrected chi connectivity index (χ1v) is 6.42. The third-order valence-corrected chi connectivity index (χ3v) is 4.01. The highest BCUT2D eigenvalue weighted by molar-refractivity contribution is 7.12. The van der Waals surface area contributed by atoms with E-state index in [0.29, 0.717) is 6.61 Å². The van der Waals surface area contributed by atoms with E-state index in [9.17, 15) is 0 Å². The zero-order valence-corrected chi connectivity index (χ0v) is 10.7. The highest BCUT2D eigenvalue weighted by Gasteiger charge is 2.34. The maximum absolute atomic E-state index is 8.73. The van der Waals surface area contributed by atoms with E-state index in [1.165, 1.54) is 16.2 Å². The van der Waals surface area contributed by atoms with Crippen LogP contribution in [0.4, 0.5) is 0 Å². The highest BCUT2D eigenvalue weighted by Crippen LogP contribution is 2.22. The minimum atomic E-state index is -0.171. The van der Waals surface area contributed by atoms with Gasteiger partial charge in [-0.15, -0.1) is 11.3 Å². The lowest BCUT2D eigenvalue weighted by atomic mass is 10.0. The Kier molecular flexibility index (Phi) is 4.13. The Hall–Kier alpha value is -0.930. The van der Waals surface area contributed by atoms with Gasteiger partial charge in [0.15, 0.2) is 0 Å². The van der Waals surface area contributed by atoms with Gasteiger partial charge in [-0.3, -0.25) is 0 Å². The molecule has 1 aromatic heterocycles. The van der Waals surface area contributed by atoms with Crippen molar-refractivity contribution in [3.8, 4) is 6.07 Å². The molecule has 0 saturated carbocycles. The van der Waals surface area contributed by atoms with Crippen LogP contribution >= 0.6 is 11.3 Å². The van der Waals surface area contributed by atoms with Gasteiger partial charge in [-0.2, -0.15) is 5.26 Å². The molecule has 0 aromatic carbocycles. The molecule has 0 amide bonds. The topological polar surface area (TPSA) is 54.3 Å². The van der Waals surface area contributed by atoms with Crippen molar-refractivity contribution in [3.05, 3.63) is 21.9 Å². The van der Waals surface area contributed by atoms with Gasteiger partial charge in [-0.05, 0) is 12.1 Å². The number of rotatable bonds is 5. The SMILES string of the molecule is COC1(CNCc2ccc(C#N)s2)CCOC1. The minimum Gasteiger partial charge on any atom is -0.378 e. The van der Waals surface area contributed by atoms with E-state index in [1.54, 1.807) is 7.11 Å². The molecular formula is C12H16N2O2S. The van der Waals surface area contributed by atoms with E-state index < -0.39 is 0 Å². The molecule has 0 bridgehead atoms. The lowest BCUT2D eigenvalue weighted by Gasteiger charge is -2.25. The molecule has 0 spiro atoms. The predicted octanol–water partition coefficient (Wildman–Crippen LogP) is 1.51. The molecule has 1 atom stereocenters. The van der Waals surface area contributed by atoms with E-state index in [4.69, 9.17) is 14.7 Å². The van der Waals surface area contributed by atoms with Crippen molar-refractivity contribution >= 4 is 11.3 Å². The van der Waals surface area contributed by atoms with E-state index in [1.807, 2.05) is 12.1 Å². The molecule has 0 aliphatic carbocycles. The zero-order valence-electron chi connectivity index (χ0n) is 9.86. The second-order valence-corrected chi connectivity index (χ2v) is 5.34. The maximum Gasteiger partial charge on any atom is 0.110 e. The van der Waals surface area contributed by atoms with Crippen LogP contribution in [0.5, 0.6) is 0 Å². The Morgan fingerprint density at radius 1 is 1.65 bits per heavy atom. The average molecular weight is 252 g/mol. The fraction of sp³-hybridized carbons (Fsp3) is 0.583. The largest absolute Gasteiger partial charge is 0.378 e. The van der Waals surface area contributed by atoms with Gasteiger partial charge >= 0.3 is 0 Å². The summed E-state index contributed by atoms with van der Waals surface area (Å²) in [5, 5.41) is 12.1. The summed E-state index contributed by atoms with van der Waals surface area (Å²) in [5.74, 6) is 0. The summed E-state index contributed by atoms with van der Waals surface area (Å²) in [4.78, 5) is 1.93. The first-order chi connectivity index (χ1) is 8.28. The Bertz CT molecular complexity index is 405. The van der Waals surface area contributed by atoms with Crippen molar-refractivity contribution in [1.29, 1.82) is 5.26 Å². The summed E-state index contributed by atoms with van der Waals surface area (Å²) < 4.78 is 10.9. The minimum absolute atomic E-state index is 0.171. The quantitative estimate of drug-likeness (QED) is 0.863. The van der Waals surface area contributed by atoms with Crippen LogP contribution in [0.1, 0.15) is 16.2 Å². The third-order valence-electron chi connectivity index (χ3n) is 3.02.